The Bertz CT molecular complexity index is 393. The molecule has 20 heavy (non-hydrogen) atoms. The summed E-state index contributed by atoms with van der Waals surface area (Å²) in [6, 6.07) is 3.84. The maximum absolute atomic E-state index is 6.53. The van der Waals surface area contributed by atoms with Gasteiger partial charge in [-0.2, -0.15) is 0 Å². The molecule has 0 bridgehead atoms. The van der Waals surface area contributed by atoms with Gasteiger partial charge >= 0.3 is 0 Å². The van der Waals surface area contributed by atoms with E-state index in [0.29, 0.717) is 5.92 Å². The SMILES string of the molecule is CC(C)C[C@H](N)[C@H](O[Si](C)(C)C(C)(C)C)c1ccco1. The van der Waals surface area contributed by atoms with Crippen LogP contribution in [0.15, 0.2) is 22.8 Å². The molecule has 2 N–H and O–H groups in total. The van der Waals surface area contributed by atoms with Crippen LogP contribution in [0.1, 0.15) is 52.9 Å². The van der Waals surface area contributed by atoms with Crippen molar-refractivity contribution in [1.82, 2.24) is 0 Å². The minimum absolute atomic E-state index is 0.0322. The van der Waals surface area contributed by atoms with Crippen LogP contribution < -0.4 is 5.73 Å². The molecule has 0 aliphatic carbocycles. The molecule has 4 heteroatoms. The Labute approximate surface area is 125 Å². The smallest absolute Gasteiger partial charge is 0.193 e. The lowest BCUT2D eigenvalue weighted by molar-refractivity contribution is 0.120. The van der Waals surface area contributed by atoms with Crippen molar-refractivity contribution in [3.05, 3.63) is 24.2 Å². The molecule has 0 saturated heterocycles. The zero-order valence-corrected chi connectivity index (χ0v) is 15.1. The first kappa shape index (κ1) is 17.5. The summed E-state index contributed by atoms with van der Waals surface area (Å²) < 4.78 is 12.1. The highest BCUT2D eigenvalue weighted by atomic mass is 28.4. The predicted molar refractivity (Wildman–Crippen MR) is 87.2 cm³/mol. The second-order valence-electron chi connectivity index (χ2n) is 7.61. The Hall–Kier alpha value is -0.583. The maximum Gasteiger partial charge on any atom is 0.193 e. The summed E-state index contributed by atoms with van der Waals surface area (Å²) in [5, 5.41) is 0.162. The molecule has 2 atom stereocenters. The van der Waals surface area contributed by atoms with E-state index in [1.807, 2.05) is 12.1 Å². The standard InChI is InChI=1S/C16H31NO2Si/c1-12(2)11-13(17)15(14-9-8-10-18-14)19-20(6,7)16(3,4)5/h8-10,12-13,15H,11,17H2,1-7H3/t13-,15-/m0/s1. The highest BCUT2D eigenvalue weighted by Crippen LogP contribution is 2.40. The molecular weight excluding hydrogens is 266 g/mol. The second-order valence-corrected chi connectivity index (χ2v) is 12.4. The molecule has 1 rings (SSSR count). The van der Waals surface area contributed by atoms with Crippen LogP contribution in [0.3, 0.4) is 0 Å². The van der Waals surface area contributed by atoms with Gasteiger partial charge in [0.15, 0.2) is 8.32 Å². The predicted octanol–water partition coefficient (Wildman–Crippen LogP) is 4.72. The molecule has 0 fully saturated rings. The molecule has 116 valence electrons. The minimum Gasteiger partial charge on any atom is -0.467 e. The van der Waals surface area contributed by atoms with E-state index in [-0.39, 0.29) is 17.2 Å². The average Bonchev–Trinajstić information content (AvgIpc) is 2.76. The lowest BCUT2D eigenvalue weighted by Gasteiger charge is -2.40. The zero-order chi connectivity index (χ0) is 15.6. The Morgan fingerprint density at radius 3 is 2.30 bits per heavy atom. The van der Waals surface area contributed by atoms with Crippen molar-refractivity contribution >= 4 is 8.32 Å². The van der Waals surface area contributed by atoms with Gasteiger partial charge in [-0.3, -0.25) is 0 Å². The Kier molecular flexibility index (Phi) is 5.64. The molecule has 0 aromatic carbocycles. The third kappa shape index (κ3) is 4.47. The van der Waals surface area contributed by atoms with Gasteiger partial charge in [-0.15, -0.1) is 0 Å². The van der Waals surface area contributed by atoms with Crippen LogP contribution in [0.2, 0.25) is 18.1 Å². The number of furan rings is 1. The zero-order valence-electron chi connectivity index (χ0n) is 14.1. The number of nitrogens with two attached hydrogens (primary N) is 1. The van der Waals surface area contributed by atoms with Crippen molar-refractivity contribution in [2.75, 3.05) is 0 Å². The number of hydrogen-bond donors (Lipinski definition) is 1. The van der Waals surface area contributed by atoms with E-state index in [1.54, 1.807) is 6.26 Å². The first-order chi connectivity index (χ1) is 9.04. The van der Waals surface area contributed by atoms with Gasteiger partial charge in [0.2, 0.25) is 0 Å². The lowest BCUT2D eigenvalue weighted by Crippen LogP contribution is -2.45. The summed E-state index contributed by atoms with van der Waals surface area (Å²) in [6.45, 7) is 15.6. The molecular formula is C16H31NO2Si. The van der Waals surface area contributed by atoms with Crippen LogP contribution in [0.5, 0.6) is 0 Å². The summed E-state index contributed by atoms with van der Waals surface area (Å²) in [4.78, 5) is 0. The van der Waals surface area contributed by atoms with Gasteiger partial charge < -0.3 is 14.6 Å². The quantitative estimate of drug-likeness (QED) is 0.773. The van der Waals surface area contributed by atoms with Crippen LogP contribution in [-0.4, -0.2) is 14.4 Å². The molecule has 0 unspecified atom stereocenters. The van der Waals surface area contributed by atoms with Crippen LogP contribution in [-0.2, 0) is 4.43 Å². The monoisotopic (exact) mass is 297 g/mol. The minimum atomic E-state index is -1.88. The van der Waals surface area contributed by atoms with Gasteiger partial charge in [-0.1, -0.05) is 34.6 Å². The Morgan fingerprint density at radius 2 is 1.90 bits per heavy atom. The molecule has 0 aliphatic rings. The van der Waals surface area contributed by atoms with Crippen LogP contribution in [0.25, 0.3) is 0 Å². The van der Waals surface area contributed by atoms with E-state index >= 15 is 0 Å². The normalized spacial score (nSPS) is 16.4. The van der Waals surface area contributed by atoms with Crippen molar-refractivity contribution in [2.24, 2.45) is 11.7 Å². The van der Waals surface area contributed by atoms with Gasteiger partial charge in [-0.25, -0.2) is 0 Å². The number of rotatable bonds is 6. The topological polar surface area (TPSA) is 48.4 Å². The summed E-state index contributed by atoms with van der Waals surface area (Å²) >= 11 is 0. The summed E-state index contributed by atoms with van der Waals surface area (Å²) in [5.74, 6) is 1.40. The van der Waals surface area contributed by atoms with E-state index in [9.17, 15) is 0 Å². The lowest BCUT2D eigenvalue weighted by atomic mass is 9.99. The maximum atomic E-state index is 6.53. The van der Waals surface area contributed by atoms with Gasteiger partial charge in [0, 0.05) is 6.04 Å². The van der Waals surface area contributed by atoms with E-state index < -0.39 is 8.32 Å². The largest absolute Gasteiger partial charge is 0.467 e. The molecule has 0 aliphatic heterocycles. The van der Waals surface area contributed by atoms with Crippen molar-refractivity contribution in [3.63, 3.8) is 0 Å². The third-order valence-electron chi connectivity index (χ3n) is 4.18. The highest BCUT2D eigenvalue weighted by molar-refractivity contribution is 6.74. The second kappa shape index (κ2) is 6.46. The van der Waals surface area contributed by atoms with Crippen LogP contribution >= 0.6 is 0 Å². The van der Waals surface area contributed by atoms with Crippen molar-refractivity contribution in [2.45, 2.75) is 71.3 Å². The van der Waals surface area contributed by atoms with Crippen molar-refractivity contribution < 1.29 is 8.84 Å². The van der Waals surface area contributed by atoms with Gasteiger partial charge in [0.25, 0.3) is 0 Å². The van der Waals surface area contributed by atoms with Gasteiger partial charge in [-0.05, 0) is 42.6 Å². The molecule has 1 aromatic rings. The molecule has 0 radical (unpaired) electrons. The van der Waals surface area contributed by atoms with Crippen LogP contribution in [0.4, 0.5) is 0 Å². The molecule has 1 heterocycles. The fourth-order valence-corrected chi connectivity index (χ4v) is 3.25. The van der Waals surface area contributed by atoms with Crippen molar-refractivity contribution in [3.8, 4) is 0 Å². The Morgan fingerprint density at radius 1 is 1.30 bits per heavy atom. The highest BCUT2D eigenvalue weighted by Gasteiger charge is 2.41. The summed E-state index contributed by atoms with van der Waals surface area (Å²) in [5.41, 5.74) is 6.40. The first-order valence-electron chi connectivity index (χ1n) is 7.51. The van der Waals surface area contributed by atoms with Gasteiger partial charge in [0.1, 0.15) is 11.9 Å². The van der Waals surface area contributed by atoms with Gasteiger partial charge in [0.05, 0.1) is 6.26 Å². The summed E-state index contributed by atoms with van der Waals surface area (Å²) in [6.07, 6.45) is 2.48. The number of hydrogen-bond acceptors (Lipinski definition) is 3. The van der Waals surface area contributed by atoms with Crippen LogP contribution in [0, 0.1) is 5.92 Å². The fourth-order valence-electron chi connectivity index (χ4n) is 1.97. The van der Waals surface area contributed by atoms with E-state index in [0.717, 1.165) is 12.2 Å². The van der Waals surface area contributed by atoms with E-state index in [4.69, 9.17) is 14.6 Å². The Balaban J connectivity index is 2.95. The summed E-state index contributed by atoms with van der Waals surface area (Å²) in [7, 11) is -1.88. The van der Waals surface area contributed by atoms with E-state index in [2.05, 4.69) is 47.7 Å². The fraction of sp³-hybridized carbons (Fsp3) is 0.750. The third-order valence-corrected chi connectivity index (χ3v) is 8.64. The average molecular weight is 298 g/mol. The molecule has 0 saturated carbocycles. The first-order valence-corrected chi connectivity index (χ1v) is 10.4. The molecule has 1 aromatic heterocycles. The molecule has 0 spiro atoms. The van der Waals surface area contributed by atoms with Crippen molar-refractivity contribution in [1.29, 1.82) is 0 Å². The molecule has 3 nitrogen and oxygen atoms in total. The molecule has 0 amide bonds. The van der Waals surface area contributed by atoms with E-state index in [1.165, 1.54) is 0 Å².